The lowest BCUT2D eigenvalue weighted by atomic mass is 10.2. The molecular weight excluding hydrogens is 212 g/mol. The normalized spacial score (nSPS) is 10.4. The zero-order valence-corrected chi connectivity index (χ0v) is 10.1. The molecule has 90 valence electrons. The van der Waals surface area contributed by atoms with Gasteiger partial charge in [-0.25, -0.2) is 4.98 Å². The predicted octanol–water partition coefficient (Wildman–Crippen LogP) is 2.98. The third kappa shape index (κ3) is 3.63. The van der Waals surface area contributed by atoms with Crippen LogP contribution in [0.1, 0.15) is 24.6 Å². The molecule has 3 heteroatoms. The smallest absolute Gasteiger partial charge is 0.119 e. The van der Waals surface area contributed by atoms with Gasteiger partial charge in [-0.3, -0.25) is 0 Å². The van der Waals surface area contributed by atoms with Crippen molar-refractivity contribution in [2.45, 2.75) is 26.2 Å². The van der Waals surface area contributed by atoms with Crippen molar-refractivity contribution in [3.8, 4) is 5.75 Å². The van der Waals surface area contributed by atoms with Gasteiger partial charge in [0.15, 0.2) is 0 Å². The largest absolute Gasteiger partial charge is 0.494 e. The van der Waals surface area contributed by atoms with Crippen LogP contribution in [0.4, 0.5) is 0 Å². The molecule has 0 atom stereocenters. The Balaban J connectivity index is 1.70. The quantitative estimate of drug-likeness (QED) is 0.775. The summed E-state index contributed by atoms with van der Waals surface area (Å²) in [6.45, 7) is 2.89. The SMILES string of the molecule is CCc1ccc(OCCCc2cnc[nH]2)cc1. The van der Waals surface area contributed by atoms with Crippen molar-refractivity contribution >= 4 is 0 Å². The maximum absolute atomic E-state index is 5.67. The summed E-state index contributed by atoms with van der Waals surface area (Å²) in [5.41, 5.74) is 2.50. The van der Waals surface area contributed by atoms with Gasteiger partial charge >= 0.3 is 0 Å². The lowest BCUT2D eigenvalue weighted by Gasteiger charge is -2.06. The van der Waals surface area contributed by atoms with Gasteiger partial charge in [-0.05, 0) is 37.0 Å². The highest BCUT2D eigenvalue weighted by Crippen LogP contribution is 2.12. The van der Waals surface area contributed by atoms with Crippen LogP contribution in [0.15, 0.2) is 36.8 Å². The van der Waals surface area contributed by atoms with Crippen molar-refractivity contribution in [2.24, 2.45) is 0 Å². The van der Waals surface area contributed by atoms with Gasteiger partial charge < -0.3 is 9.72 Å². The first-order chi connectivity index (χ1) is 8.38. The lowest BCUT2D eigenvalue weighted by molar-refractivity contribution is 0.310. The maximum Gasteiger partial charge on any atom is 0.119 e. The summed E-state index contributed by atoms with van der Waals surface area (Å²) in [5, 5.41) is 0. The van der Waals surface area contributed by atoms with E-state index in [1.165, 1.54) is 5.56 Å². The third-order valence-electron chi connectivity index (χ3n) is 2.75. The summed E-state index contributed by atoms with van der Waals surface area (Å²) < 4.78 is 5.67. The number of aromatic nitrogens is 2. The van der Waals surface area contributed by atoms with E-state index in [9.17, 15) is 0 Å². The third-order valence-corrected chi connectivity index (χ3v) is 2.75. The molecule has 0 unspecified atom stereocenters. The highest BCUT2D eigenvalue weighted by atomic mass is 16.5. The Kier molecular flexibility index (Phi) is 4.19. The van der Waals surface area contributed by atoms with E-state index in [-0.39, 0.29) is 0 Å². The van der Waals surface area contributed by atoms with E-state index < -0.39 is 0 Å². The Bertz CT molecular complexity index is 420. The van der Waals surface area contributed by atoms with Crippen LogP contribution in [0, 0.1) is 0 Å². The van der Waals surface area contributed by atoms with E-state index in [4.69, 9.17) is 4.74 Å². The second-order valence-corrected chi connectivity index (χ2v) is 4.03. The molecule has 2 rings (SSSR count). The predicted molar refractivity (Wildman–Crippen MR) is 68.2 cm³/mol. The van der Waals surface area contributed by atoms with Gasteiger partial charge in [0.2, 0.25) is 0 Å². The Hall–Kier alpha value is -1.77. The zero-order valence-electron chi connectivity index (χ0n) is 10.1. The number of nitrogens with one attached hydrogen (secondary N) is 1. The maximum atomic E-state index is 5.67. The van der Waals surface area contributed by atoms with Gasteiger partial charge in [0.25, 0.3) is 0 Å². The molecule has 3 nitrogen and oxygen atoms in total. The standard InChI is InChI=1S/C14H18N2O/c1-2-12-5-7-14(8-6-12)17-9-3-4-13-10-15-11-16-13/h5-8,10-11H,2-4,9H2,1H3,(H,15,16). The van der Waals surface area contributed by atoms with E-state index in [0.717, 1.165) is 37.3 Å². The number of benzene rings is 1. The Morgan fingerprint density at radius 1 is 1.24 bits per heavy atom. The van der Waals surface area contributed by atoms with Crippen LogP contribution in [0.3, 0.4) is 0 Å². The molecule has 0 radical (unpaired) electrons. The molecule has 0 aliphatic carbocycles. The van der Waals surface area contributed by atoms with Gasteiger partial charge in [0.05, 0.1) is 12.9 Å². The van der Waals surface area contributed by atoms with Gasteiger partial charge in [-0.2, -0.15) is 0 Å². The fraction of sp³-hybridized carbons (Fsp3) is 0.357. The molecule has 1 N–H and O–H groups in total. The summed E-state index contributed by atoms with van der Waals surface area (Å²) in [6.07, 6.45) is 6.61. The summed E-state index contributed by atoms with van der Waals surface area (Å²) in [6, 6.07) is 8.30. The molecule has 0 spiro atoms. The zero-order chi connectivity index (χ0) is 11.9. The molecule has 0 saturated heterocycles. The summed E-state index contributed by atoms with van der Waals surface area (Å²) >= 11 is 0. The van der Waals surface area contributed by atoms with E-state index in [0.29, 0.717) is 0 Å². The van der Waals surface area contributed by atoms with Crippen molar-refractivity contribution in [3.05, 3.63) is 48.0 Å². The Labute approximate surface area is 102 Å². The highest BCUT2D eigenvalue weighted by Gasteiger charge is 1.96. The number of hydrogen-bond acceptors (Lipinski definition) is 2. The second-order valence-electron chi connectivity index (χ2n) is 4.03. The van der Waals surface area contributed by atoms with E-state index in [2.05, 4.69) is 29.0 Å². The number of ether oxygens (including phenoxy) is 1. The van der Waals surface area contributed by atoms with Gasteiger partial charge in [-0.1, -0.05) is 19.1 Å². The van der Waals surface area contributed by atoms with E-state index >= 15 is 0 Å². The first-order valence-electron chi connectivity index (χ1n) is 6.07. The number of nitrogens with zero attached hydrogens (tertiary/aromatic N) is 1. The molecule has 0 saturated carbocycles. The van der Waals surface area contributed by atoms with Crippen molar-refractivity contribution < 1.29 is 4.74 Å². The molecule has 17 heavy (non-hydrogen) atoms. The van der Waals surface area contributed by atoms with Crippen LogP contribution in [-0.4, -0.2) is 16.6 Å². The first kappa shape index (κ1) is 11.7. The van der Waals surface area contributed by atoms with Crippen LogP contribution in [-0.2, 0) is 12.8 Å². The molecule has 1 aromatic heterocycles. The van der Waals surface area contributed by atoms with Crippen molar-refractivity contribution in [2.75, 3.05) is 6.61 Å². The van der Waals surface area contributed by atoms with Gasteiger partial charge in [-0.15, -0.1) is 0 Å². The lowest BCUT2D eigenvalue weighted by Crippen LogP contribution is -1.99. The number of aryl methyl sites for hydroxylation is 2. The number of rotatable bonds is 6. The average molecular weight is 230 g/mol. The van der Waals surface area contributed by atoms with Crippen molar-refractivity contribution in [1.29, 1.82) is 0 Å². The van der Waals surface area contributed by atoms with Gasteiger partial charge in [0, 0.05) is 11.9 Å². The monoisotopic (exact) mass is 230 g/mol. The summed E-state index contributed by atoms with van der Waals surface area (Å²) in [7, 11) is 0. The van der Waals surface area contributed by atoms with Crippen LogP contribution in [0.25, 0.3) is 0 Å². The minimum Gasteiger partial charge on any atom is -0.494 e. The van der Waals surface area contributed by atoms with Crippen molar-refractivity contribution in [1.82, 2.24) is 9.97 Å². The summed E-state index contributed by atoms with van der Waals surface area (Å²) in [4.78, 5) is 7.07. The van der Waals surface area contributed by atoms with Crippen LogP contribution in [0.2, 0.25) is 0 Å². The van der Waals surface area contributed by atoms with Gasteiger partial charge in [0.1, 0.15) is 5.75 Å². The Morgan fingerprint density at radius 2 is 2.06 bits per heavy atom. The number of aromatic amines is 1. The fourth-order valence-electron chi connectivity index (χ4n) is 1.70. The molecule has 0 bridgehead atoms. The molecule has 0 amide bonds. The topological polar surface area (TPSA) is 37.9 Å². The molecule has 0 aliphatic heterocycles. The molecule has 1 heterocycles. The fourth-order valence-corrected chi connectivity index (χ4v) is 1.70. The molecular formula is C14H18N2O. The first-order valence-corrected chi connectivity index (χ1v) is 6.07. The minimum absolute atomic E-state index is 0.741. The van der Waals surface area contributed by atoms with Crippen LogP contribution < -0.4 is 4.74 Å². The highest BCUT2D eigenvalue weighted by molar-refractivity contribution is 5.27. The molecule has 0 aliphatic rings. The van der Waals surface area contributed by atoms with Crippen molar-refractivity contribution in [3.63, 3.8) is 0 Å². The average Bonchev–Trinajstić information content (AvgIpc) is 2.88. The second kappa shape index (κ2) is 6.09. The van der Waals surface area contributed by atoms with E-state index in [1.807, 2.05) is 18.3 Å². The number of imidazole rings is 1. The molecule has 2 aromatic rings. The number of hydrogen-bond donors (Lipinski definition) is 1. The molecule has 1 aromatic carbocycles. The van der Waals surface area contributed by atoms with E-state index in [1.54, 1.807) is 6.33 Å². The number of H-pyrrole nitrogens is 1. The summed E-state index contributed by atoms with van der Waals surface area (Å²) in [5.74, 6) is 0.951. The molecule has 0 fully saturated rings. The van der Waals surface area contributed by atoms with Crippen LogP contribution >= 0.6 is 0 Å². The Morgan fingerprint density at radius 3 is 2.71 bits per heavy atom. The minimum atomic E-state index is 0.741. The van der Waals surface area contributed by atoms with Crippen LogP contribution in [0.5, 0.6) is 5.75 Å².